The minimum atomic E-state index is -0.798. The van der Waals surface area contributed by atoms with E-state index in [0.29, 0.717) is 29.0 Å². The molecule has 1 atom stereocenters. The molecule has 0 aliphatic carbocycles. The largest absolute Gasteiger partial charge is 0.469 e. The number of hydrogen-bond acceptors (Lipinski definition) is 4. The van der Waals surface area contributed by atoms with E-state index in [2.05, 4.69) is 0 Å². The molecule has 1 aromatic carbocycles. The zero-order chi connectivity index (χ0) is 14.3. The van der Waals surface area contributed by atoms with Crippen LogP contribution in [0.4, 0.5) is 0 Å². The number of aryl methyl sites for hydroxylation is 2. The topological polar surface area (TPSA) is 68.5 Å². The van der Waals surface area contributed by atoms with Gasteiger partial charge in [-0.1, -0.05) is 6.07 Å². The molecule has 0 radical (unpaired) electrons. The summed E-state index contributed by atoms with van der Waals surface area (Å²) in [6.07, 6.45) is 0.744. The Morgan fingerprint density at radius 1 is 1.35 bits per heavy atom. The van der Waals surface area contributed by atoms with Crippen LogP contribution in [0.3, 0.4) is 0 Å². The number of hydrogen-bond donors (Lipinski definition) is 1. The molecule has 5 nitrogen and oxygen atoms in total. The van der Waals surface area contributed by atoms with Gasteiger partial charge in [0.25, 0.3) is 0 Å². The second-order valence-corrected chi connectivity index (χ2v) is 4.67. The highest BCUT2D eigenvalue weighted by atomic mass is 16.4. The number of rotatable bonds is 3. The van der Waals surface area contributed by atoms with E-state index in [1.54, 1.807) is 42.0 Å². The molecule has 0 aliphatic heterocycles. The van der Waals surface area contributed by atoms with Crippen molar-refractivity contribution in [2.75, 3.05) is 0 Å². The van der Waals surface area contributed by atoms with Crippen molar-refractivity contribution in [3.05, 3.63) is 58.0 Å². The number of aromatic nitrogens is 1. The molecule has 0 saturated heterocycles. The van der Waals surface area contributed by atoms with Crippen LogP contribution in [0.25, 0.3) is 11.1 Å². The number of oxazole rings is 1. The lowest BCUT2D eigenvalue weighted by molar-refractivity contribution is 0.218. The Bertz CT molecular complexity index is 809. The number of aliphatic hydroxyl groups is 1. The van der Waals surface area contributed by atoms with Gasteiger partial charge in [-0.3, -0.25) is 4.57 Å². The molecule has 0 fully saturated rings. The lowest BCUT2D eigenvalue weighted by Gasteiger charge is -2.10. The highest BCUT2D eigenvalue weighted by Crippen LogP contribution is 2.27. The van der Waals surface area contributed by atoms with E-state index < -0.39 is 6.10 Å². The zero-order valence-electron chi connectivity index (χ0n) is 11.3. The van der Waals surface area contributed by atoms with Crippen molar-refractivity contribution >= 4 is 11.1 Å². The molecule has 2 heterocycles. The van der Waals surface area contributed by atoms with Gasteiger partial charge in [-0.2, -0.15) is 0 Å². The van der Waals surface area contributed by atoms with Gasteiger partial charge in [0.1, 0.15) is 11.9 Å². The van der Waals surface area contributed by atoms with E-state index in [0.717, 1.165) is 5.52 Å². The Hall–Kier alpha value is -2.27. The van der Waals surface area contributed by atoms with E-state index in [-0.39, 0.29) is 5.76 Å². The van der Waals surface area contributed by atoms with Gasteiger partial charge in [0.05, 0.1) is 11.8 Å². The summed E-state index contributed by atoms with van der Waals surface area (Å²) in [4.78, 5) is 11.7. The first-order valence-corrected chi connectivity index (χ1v) is 6.47. The first-order chi connectivity index (χ1) is 9.61. The molecule has 5 heteroatoms. The summed E-state index contributed by atoms with van der Waals surface area (Å²) in [6.45, 7) is 4.23. The minimum Gasteiger partial charge on any atom is -0.469 e. The van der Waals surface area contributed by atoms with E-state index in [9.17, 15) is 9.90 Å². The Balaban J connectivity index is 2.10. The predicted molar refractivity (Wildman–Crippen MR) is 73.7 cm³/mol. The summed E-state index contributed by atoms with van der Waals surface area (Å²) < 4.78 is 11.9. The van der Waals surface area contributed by atoms with Crippen LogP contribution < -0.4 is 5.76 Å². The quantitative estimate of drug-likeness (QED) is 0.796. The van der Waals surface area contributed by atoms with Crippen LogP contribution in [0.2, 0.25) is 0 Å². The highest BCUT2D eigenvalue weighted by Gasteiger charge is 2.17. The molecule has 20 heavy (non-hydrogen) atoms. The number of nitrogens with zero attached hydrogens (tertiary/aromatic N) is 1. The molecule has 2 aromatic heterocycles. The summed E-state index contributed by atoms with van der Waals surface area (Å²) in [5, 5.41) is 10.4. The Kier molecular flexibility index (Phi) is 2.99. The molecule has 0 bridgehead atoms. The molecule has 1 N–H and O–H groups in total. The van der Waals surface area contributed by atoms with Crippen LogP contribution in [-0.4, -0.2) is 9.67 Å². The van der Waals surface area contributed by atoms with Gasteiger partial charge >= 0.3 is 5.76 Å². The predicted octanol–water partition coefficient (Wildman–Crippen LogP) is 2.60. The fourth-order valence-electron chi connectivity index (χ4n) is 2.41. The van der Waals surface area contributed by atoms with Crippen molar-refractivity contribution in [2.24, 2.45) is 0 Å². The summed E-state index contributed by atoms with van der Waals surface area (Å²) >= 11 is 0. The molecule has 3 rings (SSSR count). The number of aliphatic hydroxyl groups excluding tert-OH is 1. The van der Waals surface area contributed by atoms with Gasteiger partial charge in [0.15, 0.2) is 5.58 Å². The first-order valence-electron chi connectivity index (χ1n) is 6.47. The van der Waals surface area contributed by atoms with Crippen molar-refractivity contribution in [3.63, 3.8) is 0 Å². The number of benzene rings is 1. The minimum absolute atomic E-state index is 0.381. The Morgan fingerprint density at radius 3 is 2.80 bits per heavy atom. The van der Waals surface area contributed by atoms with Crippen LogP contribution in [0.5, 0.6) is 0 Å². The molecular formula is C15H15NO4. The van der Waals surface area contributed by atoms with Crippen molar-refractivity contribution in [3.8, 4) is 0 Å². The lowest BCUT2D eigenvalue weighted by Crippen LogP contribution is -2.11. The molecule has 0 aliphatic rings. The van der Waals surface area contributed by atoms with Gasteiger partial charge in [-0.25, -0.2) is 4.79 Å². The number of fused-ring (bicyclic) bond motifs is 1. The van der Waals surface area contributed by atoms with Gasteiger partial charge in [-0.15, -0.1) is 0 Å². The summed E-state index contributed by atoms with van der Waals surface area (Å²) in [7, 11) is 0. The van der Waals surface area contributed by atoms with Crippen LogP contribution in [0.1, 0.15) is 29.9 Å². The van der Waals surface area contributed by atoms with E-state index in [1.807, 2.05) is 6.92 Å². The average Bonchev–Trinajstić information content (AvgIpc) is 2.99. The van der Waals surface area contributed by atoms with Crippen molar-refractivity contribution in [2.45, 2.75) is 26.5 Å². The van der Waals surface area contributed by atoms with Crippen LogP contribution in [0.15, 0.2) is 44.2 Å². The first kappa shape index (κ1) is 12.7. The fraction of sp³-hybridized carbons (Fsp3) is 0.267. The lowest BCUT2D eigenvalue weighted by atomic mass is 10.0. The van der Waals surface area contributed by atoms with Crippen LogP contribution >= 0.6 is 0 Å². The van der Waals surface area contributed by atoms with Crippen LogP contribution in [-0.2, 0) is 6.54 Å². The Labute approximate surface area is 115 Å². The third kappa shape index (κ3) is 1.87. The Morgan fingerprint density at radius 2 is 2.15 bits per heavy atom. The van der Waals surface area contributed by atoms with E-state index in [4.69, 9.17) is 8.83 Å². The van der Waals surface area contributed by atoms with Crippen molar-refractivity contribution in [1.82, 2.24) is 4.57 Å². The normalized spacial score (nSPS) is 12.9. The van der Waals surface area contributed by atoms with Crippen molar-refractivity contribution in [1.29, 1.82) is 0 Å². The average molecular weight is 273 g/mol. The SMILES string of the molecule is CCn1c(=O)oc2cc(C(O)c3ccoc3C)ccc21. The zero-order valence-corrected chi connectivity index (χ0v) is 11.3. The highest BCUT2D eigenvalue weighted by molar-refractivity contribution is 5.74. The van der Waals surface area contributed by atoms with Gasteiger partial charge in [0, 0.05) is 12.1 Å². The summed E-state index contributed by atoms with van der Waals surface area (Å²) in [5.41, 5.74) is 2.59. The number of furan rings is 1. The second kappa shape index (κ2) is 4.68. The summed E-state index contributed by atoms with van der Waals surface area (Å²) in [6, 6.07) is 7.01. The fourth-order valence-corrected chi connectivity index (χ4v) is 2.41. The molecule has 0 saturated carbocycles. The maximum atomic E-state index is 11.7. The second-order valence-electron chi connectivity index (χ2n) is 4.67. The van der Waals surface area contributed by atoms with Crippen molar-refractivity contribution < 1.29 is 13.9 Å². The van der Waals surface area contributed by atoms with Gasteiger partial charge in [0.2, 0.25) is 0 Å². The summed E-state index contributed by atoms with van der Waals surface area (Å²) in [5.74, 6) is 0.291. The maximum Gasteiger partial charge on any atom is 0.419 e. The smallest absolute Gasteiger partial charge is 0.419 e. The third-order valence-corrected chi connectivity index (χ3v) is 3.52. The molecule has 0 amide bonds. The van der Waals surface area contributed by atoms with E-state index >= 15 is 0 Å². The van der Waals surface area contributed by atoms with Gasteiger partial charge < -0.3 is 13.9 Å². The molecular weight excluding hydrogens is 258 g/mol. The van der Waals surface area contributed by atoms with E-state index in [1.165, 1.54) is 0 Å². The molecule has 1 unspecified atom stereocenters. The standard InChI is InChI=1S/C15H15NO4/c1-3-16-12-5-4-10(8-13(12)20-15(16)18)14(17)11-6-7-19-9(11)2/h4-8,14,17H,3H2,1-2H3. The monoisotopic (exact) mass is 273 g/mol. The molecule has 3 aromatic rings. The van der Waals surface area contributed by atoms with Gasteiger partial charge in [-0.05, 0) is 37.6 Å². The molecule has 0 spiro atoms. The molecule has 104 valence electrons. The maximum absolute atomic E-state index is 11.7. The van der Waals surface area contributed by atoms with Crippen LogP contribution in [0, 0.1) is 6.92 Å². The third-order valence-electron chi connectivity index (χ3n) is 3.52.